The number of rotatable bonds is 1. The van der Waals surface area contributed by atoms with Crippen molar-refractivity contribution in [1.82, 2.24) is 4.98 Å². The minimum atomic E-state index is -0.414. The fraction of sp³-hybridized carbons (Fsp3) is 0. The van der Waals surface area contributed by atoms with Crippen molar-refractivity contribution in [2.45, 2.75) is 0 Å². The summed E-state index contributed by atoms with van der Waals surface area (Å²) in [6.07, 6.45) is 0. The van der Waals surface area contributed by atoms with Gasteiger partial charge in [0, 0.05) is 17.7 Å². The monoisotopic (exact) mass is 228 g/mol. The first-order valence-corrected chi connectivity index (χ1v) is 5.15. The van der Waals surface area contributed by atoms with Crippen LogP contribution in [0.3, 0.4) is 0 Å². The average Bonchev–Trinajstić information content (AvgIpc) is 2.74. The Bertz CT molecular complexity index is 676. The predicted octanol–water partition coefficient (Wildman–Crippen LogP) is 3.22. The molecular formula is C13H9FN2O. The quantitative estimate of drug-likeness (QED) is 0.650. The van der Waals surface area contributed by atoms with Crippen LogP contribution >= 0.6 is 0 Å². The number of nitrogen functional groups attached to an aromatic ring is 1. The van der Waals surface area contributed by atoms with Crippen molar-refractivity contribution < 1.29 is 8.81 Å². The number of aromatic nitrogens is 1. The number of anilines is 1. The topological polar surface area (TPSA) is 52.0 Å². The van der Waals surface area contributed by atoms with E-state index in [4.69, 9.17) is 10.2 Å². The van der Waals surface area contributed by atoms with E-state index in [2.05, 4.69) is 4.98 Å². The maximum atomic E-state index is 13.1. The van der Waals surface area contributed by atoms with Crippen LogP contribution in [0.2, 0.25) is 0 Å². The van der Waals surface area contributed by atoms with Crippen LogP contribution < -0.4 is 5.73 Å². The first-order chi connectivity index (χ1) is 8.24. The molecule has 0 amide bonds. The van der Waals surface area contributed by atoms with Gasteiger partial charge in [0.1, 0.15) is 11.3 Å². The molecule has 2 N–H and O–H groups in total. The molecule has 2 aromatic carbocycles. The van der Waals surface area contributed by atoms with E-state index in [-0.39, 0.29) is 5.69 Å². The summed E-state index contributed by atoms with van der Waals surface area (Å²) in [7, 11) is 0. The molecule has 0 fully saturated rings. The third-order valence-electron chi connectivity index (χ3n) is 2.50. The molecule has 3 nitrogen and oxygen atoms in total. The van der Waals surface area contributed by atoms with Crippen molar-refractivity contribution in [3.8, 4) is 11.5 Å². The minimum Gasteiger partial charge on any atom is -0.434 e. The molecule has 0 atom stereocenters. The first kappa shape index (κ1) is 9.84. The van der Waals surface area contributed by atoms with Crippen molar-refractivity contribution in [2.24, 2.45) is 0 Å². The minimum absolute atomic E-state index is 0.259. The van der Waals surface area contributed by atoms with E-state index in [0.717, 1.165) is 5.56 Å². The van der Waals surface area contributed by atoms with Crippen molar-refractivity contribution in [3.63, 3.8) is 0 Å². The summed E-state index contributed by atoms with van der Waals surface area (Å²) in [6, 6.07) is 11.9. The molecule has 4 heteroatoms. The van der Waals surface area contributed by atoms with Gasteiger partial charge in [-0.25, -0.2) is 9.37 Å². The summed E-state index contributed by atoms with van der Waals surface area (Å²) in [4.78, 5) is 4.22. The molecule has 0 radical (unpaired) electrons. The molecule has 3 rings (SSSR count). The number of nitrogens with two attached hydrogens (primary N) is 1. The Balaban J connectivity index is 2.24. The molecule has 17 heavy (non-hydrogen) atoms. The van der Waals surface area contributed by atoms with Crippen molar-refractivity contribution in [2.75, 3.05) is 5.73 Å². The van der Waals surface area contributed by atoms with Crippen LogP contribution in [-0.4, -0.2) is 4.98 Å². The Morgan fingerprint density at radius 3 is 2.65 bits per heavy atom. The van der Waals surface area contributed by atoms with Gasteiger partial charge in [0.05, 0.1) is 5.69 Å². The molecule has 0 saturated heterocycles. The SMILES string of the molecule is Nc1cc(F)cc2nc(-c3ccccc3)oc12. The van der Waals surface area contributed by atoms with E-state index >= 15 is 0 Å². The number of oxazole rings is 1. The van der Waals surface area contributed by atoms with E-state index in [9.17, 15) is 4.39 Å². The van der Waals surface area contributed by atoms with E-state index in [1.54, 1.807) is 0 Å². The highest BCUT2D eigenvalue weighted by Crippen LogP contribution is 2.28. The normalized spacial score (nSPS) is 10.9. The third-order valence-corrected chi connectivity index (χ3v) is 2.50. The summed E-state index contributed by atoms with van der Waals surface area (Å²) in [5.74, 6) is 0.0285. The second kappa shape index (κ2) is 3.59. The van der Waals surface area contributed by atoms with E-state index in [0.29, 0.717) is 17.0 Å². The molecule has 0 spiro atoms. The lowest BCUT2D eigenvalue weighted by atomic mass is 10.2. The summed E-state index contributed by atoms with van der Waals surface area (Å²) >= 11 is 0. The van der Waals surface area contributed by atoms with Gasteiger partial charge in [0.2, 0.25) is 5.89 Å². The fourth-order valence-electron chi connectivity index (χ4n) is 1.73. The molecule has 0 unspecified atom stereocenters. The van der Waals surface area contributed by atoms with E-state index < -0.39 is 5.82 Å². The van der Waals surface area contributed by atoms with Gasteiger partial charge in [0.15, 0.2) is 5.58 Å². The Kier molecular flexibility index (Phi) is 2.08. The van der Waals surface area contributed by atoms with Gasteiger partial charge in [-0.05, 0) is 12.1 Å². The Morgan fingerprint density at radius 2 is 1.88 bits per heavy atom. The standard InChI is InChI=1S/C13H9FN2O/c14-9-6-10(15)12-11(7-9)16-13(17-12)8-4-2-1-3-5-8/h1-7H,15H2. The van der Waals surface area contributed by atoms with Crippen LogP contribution in [0.15, 0.2) is 46.9 Å². The number of fused-ring (bicyclic) bond motifs is 1. The van der Waals surface area contributed by atoms with Crippen LogP contribution in [0.5, 0.6) is 0 Å². The Labute approximate surface area is 96.7 Å². The molecule has 0 aliphatic heterocycles. The van der Waals surface area contributed by atoms with Gasteiger partial charge in [-0.1, -0.05) is 18.2 Å². The summed E-state index contributed by atoms with van der Waals surface area (Å²) < 4.78 is 18.7. The molecular weight excluding hydrogens is 219 g/mol. The second-order valence-electron chi connectivity index (χ2n) is 3.73. The molecule has 1 aromatic heterocycles. The van der Waals surface area contributed by atoms with Crippen LogP contribution in [0.4, 0.5) is 10.1 Å². The lowest BCUT2D eigenvalue weighted by Crippen LogP contribution is -1.86. The van der Waals surface area contributed by atoms with E-state index in [1.165, 1.54) is 12.1 Å². The molecule has 84 valence electrons. The zero-order valence-corrected chi connectivity index (χ0v) is 8.85. The molecule has 0 saturated carbocycles. The maximum Gasteiger partial charge on any atom is 0.227 e. The van der Waals surface area contributed by atoms with Gasteiger partial charge >= 0.3 is 0 Å². The first-order valence-electron chi connectivity index (χ1n) is 5.15. The summed E-state index contributed by atoms with van der Waals surface area (Å²) in [5, 5.41) is 0. The number of hydrogen-bond acceptors (Lipinski definition) is 3. The van der Waals surface area contributed by atoms with Crippen molar-refractivity contribution in [3.05, 3.63) is 48.3 Å². The zero-order chi connectivity index (χ0) is 11.8. The van der Waals surface area contributed by atoms with Crippen molar-refractivity contribution >= 4 is 16.8 Å². The Hall–Kier alpha value is -2.36. The fourth-order valence-corrected chi connectivity index (χ4v) is 1.73. The predicted molar refractivity (Wildman–Crippen MR) is 63.8 cm³/mol. The highest BCUT2D eigenvalue weighted by Gasteiger charge is 2.11. The Morgan fingerprint density at radius 1 is 1.12 bits per heavy atom. The summed E-state index contributed by atoms with van der Waals surface area (Å²) in [6.45, 7) is 0. The molecule has 0 aliphatic rings. The highest BCUT2D eigenvalue weighted by atomic mass is 19.1. The average molecular weight is 228 g/mol. The van der Waals surface area contributed by atoms with Gasteiger partial charge in [-0.15, -0.1) is 0 Å². The van der Waals surface area contributed by atoms with Gasteiger partial charge in [-0.3, -0.25) is 0 Å². The molecule has 1 heterocycles. The lowest BCUT2D eigenvalue weighted by molar-refractivity contribution is 0.616. The van der Waals surface area contributed by atoms with E-state index in [1.807, 2.05) is 30.3 Å². The largest absolute Gasteiger partial charge is 0.434 e. The summed E-state index contributed by atoms with van der Waals surface area (Å²) in [5.41, 5.74) is 7.62. The van der Waals surface area contributed by atoms with Crippen LogP contribution in [0.25, 0.3) is 22.6 Å². The molecule has 0 bridgehead atoms. The molecule has 0 aliphatic carbocycles. The van der Waals surface area contributed by atoms with Crippen molar-refractivity contribution in [1.29, 1.82) is 0 Å². The van der Waals surface area contributed by atoms with Gasteiger partial charge in [-0.2, -0.15) is 0 Å². The number of hydrogen-bond donors (Lipinski definition) is 1. The third kappa shape index (κ3) is 1.63. The van der Waals surface area contributed by atoms with Gasteiger partial charge < -0.3 is 10.2 Å². The van der Waals surface area contributed by atoms with Crippen LogP contribution in [0, 0.1) is 5.82 Å². The van der Waals surface area contributed by atoms with Gasteiger partial charge in [0.25, 0.3) is 0 Å². The second-order valence-corrected chi connectivity index (χ2v) is 3.73. The van der Waals surface area contributed by atoms with Crippen LogP contribution in [-0.2, 0) is 0 Å². The number of benzene rings is 2. The maximum absolute atomic E-state index is 13.1. The number of halogens is 1. The smallest absolute Gasteiger partial charge is 0.227 e. The zero-order valence-electron chi connectivity index (χ0n) is 8.85. The molecule has 3 aromatic rings. The van der Waals surface area contributed by atoms with Crippen LogP contribution in [0.1, 0.15) is 0 Å². The lowest BCUT2D eigenvalue weighted by Gasteiger charge is -1.93. The number of nitrogens with zero attached hydrogens (tertiary/aromatic N) is 1. The highest BCUT2D eigenvalue weighted by molar-refractivity contribution is 5.86.